The van der Waals surface area contributed by atoms with E-state index in [-0.39, 0.29) is 6.73 Å². The van der Waals surface area contributed by atoms with Gasteiger partial charge in [0, 0.05) is 0 Å². The number of esters is 2. The van der Waals surface area contributed by atoms with Gasteiger partial charge in [0.1, 0.15) is 13.3 Å². The molecule has 0 aliphatic carbocycles. The van der Waals surface area contributed by atoms with Gasteiger partial charge in [0.05, 0.1) is 32.5 Å². The molecule has 9 nitrogen and oxygen atoms in total. The molecule has 160 valence electrons. The SMILES string of the molecule is CN(C)COP(=O)(O)OCC(COC(=O)CCC(F)(F)F)OC(=O)CCF. The van der Waals surface area contributed by atoms with Crippen LogP contribution in [0.5, 0.6) is 0 Å². The Labute approximate surface area is 153 Å². The third-order valence-corrected chi connectivity index (χ3v) is 3.46. The molecular formula is C13H22F4NO8P. The quantitative estimate of drug-likeness (QED) is 0.204. The van der Waals surface area contributed by atoms with Crippen molar-refractivity contribution in [1.82, 2.24) is 4.90 Å². The fourth-order valence-corrected chi connectivity index (χ4v) is 2.15. The van der Waals surface area contributed by atoms with Gasteiger partial charge >= 0.3 is 25.9 Å². The second-order valence-electron chi connectivity index (χ2n) is 5.45. The molecule has 0 aromatic rings. The molecule has 1 N–H and O–H groups in total. The maximum atomic E-state index is 12.1. The third-order valence-electron chi connectivity index (χ3n) is 2.54. The first-order valence-electron chi connectivity index (χ1n) is 7.59. The zero-order valence-corrected chi connectivity index (χ0v) is 15.6. The van der Waals surface area contributed by atoms with E-state index in [2.05, 4.69) is 13.8 Å². The van der Waals surface area contributed by atoms with Crippen LogP contribution in [0.4, 0.5) is 17.6 Å². The van der Waals surface area contributed by atoms with Gasteiger partial charge < -0.3 is 14.4 Å². The Hall–Kier alpha value is -1.27. The highest BCUT2D eigenvalue weighted by molar-refractivity contribution is 7.47. The minimum atomic E-state index is -4.55. The van der Waals surface area contributed by atoms with Crippen LogP contribution >= 0.6 is 7.82 Å². The van der Waals surface area contributed by atoms with Gasteiger partial charge in [-0.15, -0.1) is 0 Å². The molecule has 0 amide bonds. The van der Waals surface area contributed by atoms with Gasteiger partial charge in [-0.25, -0.2) is 4.57 Å². The maximum absolute atomic E-state index is 12.1. The van der Waals surface area contributed by atoms with Crippen molar-refractivity contribution < 1.29 is 55.1 Å². The molecule has 0 rings (SSSR count). The summed E-state index contributed by atoms with van der Waals surface area (Å²) in [6.07, 6.45) is -8.99. The van der Waals surface area contributed by atoms with Crippen LogP contribution in [0.3, 0.4) is 0 Å². The van der Waals surface area contributed by atoms with E-state index in [0.717, 1.165) is 0 Å². The summed E-state index contributed by atoms with van der Waals surface area (Å²) in [6, 6.07) is 0. The van der Waals surface area contributed by atoms with Crippen LogP contribution in [0.25, 0.3) is 0 Å². The normalized spacial score (nSPS) is 15.3. The molecule has 2 unspecified atom stereocenters. The van der Waals surface area contributed by atoms with Crippen molar-refractivity contribution in [1.29, 1.82) is 0 Å². The summed E-state index contributed by atoms with van der Waals surface area (Å²) in [5.41, 5.74) is 0. The summed E-state index contributed by atoms with van der Waals surface area (Å²) in [5, 5.41) is 0. The molecule has 0 bridgehead atoms. The molecule has 0 aliphatic rings. The average Bonchev–Trinajstić information content (AvgIpc) is 2.53. The number of hydrogen-bond acceptors (Lipinski definition) is 8. The number of halogens is 4. The van der Waals surface area contributed by atoms with E-state index in [1.54, 1.807) is 14.1 Å². The van der Waals surface area contributed by atoms with Crippen molar-refractivity contribution in [3.8, 4) is 0 Å². The lowest BCUT2D eigenvalue weighted by Gasteiger charge is -2.20. The van der Waals surface area contributed by atoms with Crippen molar-refractivity contribution in [3.63, 3.8) is 0 Å². The van der Waals surface area contributed by atoms with Gasteiger partial charge in [0.2, 0.25) is 0 Å². The monoisotopic (exact) mass is 427 g/mol. The highest BCUT2D eigenvalue weighted by Crippen LogP contribution is 2.43. The maximum Gasteiger partial charge on any atom is 0.473 e. The van der Waals surface area contributed by atoms with Gasteiger partial charge in [-0.05, 0) is 14.1 Å². The van der Waals surface area contributed by atoms with Gasteiger partial charge in [0.15, 0.2) is 6.10 Å². The molecule has 0 radical (unpaired) electrons. The standard InChI is InChI=1S/C13H22F4NO8P/c1-18(2)9-25-27(21,22)24-8-10(26-12(20)4-6-14)7-23-11(19)3-5-13(15,16)17/h10H,3-9H2,1-2H3,(H,21,22). The van der Waals surface area contributed by atoms with Crippen LogP contribution in [0.2, 0.25) is 0 Å². The molecule has 14 heteroatoms. The molecule has 0 aromatic carbocycles. The topological polar surface area (TPSA) is 112 Å². The number of nitrogens with zero attached hydrogens (tertiary/aromatic N) is 1. The largest absolute Gasteiger partial charge is 0.473 e. The summed E-state index contributed by atoms with van der Waals surface area (Å²) < 4.78 is 78.3. The van der Waals surface area contributed by atoms with Crippen LogP contribution in [0.15, 0.2) is 0 Å². The minimum absolute atomic E-state index is 0.271. The summed E-state index contributed by atoms with van der Waals surface area (Å²) in [6.45, 7) is -2.83. The number of alkyl halides is 4. The number of phosphoric acid groups is 1. The van der Waals surface area contributed by atoms with Crippen LogP contribution in [-0.2, 0) is 32.7 Å². The highest BCUT2D eigenvalue weighted by Gasteiger charge is 2.29. The summed E-state index contributed by atoms with van der Waals surface area (Å²) in [7, 11) is -1.45. The van der Waals surface area contributed by atoms with E-state index < -0.39 is 71.2 Å². The van der Waals surface area contributed by atoms with E-state index in [1.807, 2.05) is 0 Å². The second kappa shape index (κ2) is 12.2. The lowest BCUT2D eigenvalue weighted by molar-refractivity contribution is -0.166. The Bertz CT molecular complexity index is 517. The Kier molecular flexibility index (Phi) is 11.7. The zero-order chi connectivity index (χ0) is 21.1. The minimum Gasteiger partial charge on any atom is -0.462 e. The van der Waals surface area contributed by atoms with Gasteiger partial charge in [0.25, 0.3) is 0 Å². The number of hydrogen-bond donors (Lipinski definition) is 1. The Balaban J connectivity index is 4.62. The number of phosphoric ester groups is 1. The molecule has 2 atom stereocenters. The molecule has 27 heavy (non-hydrogen) atoms. The smallest absolute Gasteiger partial charge is 0.462 e. The molecule has 0 heterocycles. The first-order valence-corrected chi connectivity index (χ1v) is 9.08. The van der Waals surface area contributed by atoms with Crippen LogP contribution in [0.1, 0.15) is 19.3 Å². The predicted octanol–water partition coefficient (Wildman–Crippen LogP) is 1.80. The average molecular weight is 427 g/mol. The van der Waals surface area contributed by atoms with Gasteiger partial charge in [-0.3, -0.25) is 27.9 Å². The lowest BCUT2D eigenvalue weighted by atomic mass is 10.3. The van der Waals surface area contributed by atoms with Crippen molar-refractivity contribution in [2.24, 2.45) is 0 Å². The first-order chi connectivity index (χ1) is 12.3. The molecule has 0 fully saturated rings. The Morgan fingerprint density at radius 3 is 2.26 bits per heavy atom. The van der Waals surface area contributed by atoms with Crippen LogP contribution < -0.4 is 0 Å². The van der Waals surface area contributed by atoms with E-state index in [0.29, 0.717) is 0 Å². The number of carbonyl (C=O) groups excluding carboxylic acids is 2. The Morgan fingerprint density at radius 2 is 1.74 bits per heavy atom. The molecule has 0 spiro atoms. The molecule has 0 saturated carbocycles. The fraction of sp³-hybridized carbons (Fsp3) is 0.846. The molecule has 0 saturated heterocycles. The van der Waals surface area contributed by atoms with E-state index >= 15 is 0 Å². The molecule has 0 aromatic heterocycles. The summed E-state index contributed by atoms with van der Waals surface area (Å²) >= 11 is 0. The van der Waals surface area contributed by atoms with Crippen LogP contribution in [-0.4, -0.2) is 74.7 Å². The highest BCUT2D eigenvalue weighted by atomic mass is 31.2. The van der Waals surface area contributed by atoms with E-state index in [4.69, 9.17) is 4.74 Å². The number of ether oxygens (including phenoxy) is 2. The number of carbonyl (C=O) groups is 2. The van der Waals surface area contributed by atoms with Crippen LogP contribution in [0, 0.1) is 0 Å². The van der Waals surface area contributed by atoms with E-state index in [9.17, 15) is 36.6 Å². The van der Waals surface area contributed by atoms with Crippen molar-refractivity contribution in [2.75, 3.05) is 40.7 Å². The van der Waals surface area contributed by atoms with Gasteiger partial charge in [-0.2, -0.15) is 13.2 Å². The summed E-state index contributed by atoms with van der Waals surface area (Å²) in [4.78, 5) is 33.5. The lowest BCUT2D eigenvalue weighted by Crippen LogP contribution is -2.30. The van der Waals surface area contributed by atoms with Crippen molar-refractivity contribution in [2.45, 2.75) is 31.5 Å². The third kappa shape index (κ3) is 15.5. The fourth-order valence-electron chi connectivity index (χ4n) is 1.34. The molecule has 0 aliphatic heterocycles. The summed E-state index contributed by atoms with van der Waals surface area (Å²) in [5.74, 6) is -2.28. The zero-order valence-electron chi connectivity index (χ0n) is 14.7. The number of rotatable bonds is 13. The molecular weight excluding hydrogens is 405 g/mol. The second-order valence-corrected chi connectivity index (χ2v) is 6.90. The Morgan fingerprint density at radius 1 is 1.11 bits per heavy atom. The van der Waals surface area contributed by atoms with Gasteiger partial charge in [-0.1, -0.05) is 0 Å². The predicted molar refractivity (Wildman–Crippen MR) is 82.1 cm³/mol. The first kappa shape index (κ1) is 25.7. The van der Waals surface area contributed by atoms with Crippen molar-refractivity contribution >= 4 is 19.8 Å². The van der Waals surface area contributed by atoms with Crippen molar-refractivity contribution in [3.05, 3.63) is 0 Å². The van der Waals surface area contributed by atoms with E-state index in [1.165, 1.54) is 4.90 Å².